The Hall–Kier alpha value is -0.760. The molecule has 1 heterocycles. The molecule has 0 unspecified atom stereocenters. The van der Waals surface area contributed by atoms with Crippen molar-refractivity contribution >= 4 is 20.9 Å². The highest BCUT2D eigenvalue weighted by Crippen LogP contribution is 2.68. The summed E-state index contributed by atoms with van der Waals surface area (Å²) in [6, 6.07) is 9.75. The van der Waals surface area contributed by atoms with Gasteiger partial charge in [-0.15, -0.1) is 0 Å². The van der Waals surface area contributed by atoms with E-state index in [0.717, 1.165) is 5.69 Å². The van der Waals surface area contributed by atoms with Gasteiger partial charge in [0, 0.05) is 44.8 Å². The molecule has 0 aliphatic carbocycles. The molecule has 0 aromatic heterocycles. The summed E-state index contributed by atoms with van der Waals surface area (Å²) in [5.74, 6) is 0. The van der Waals surface area contributed by atoms with Crippen molar-refractivity contribution < 1.29 is 33.8 Å². The average molecular weight is 380 g/mol. The molecule has 1 aliphatic heterocycles. The second kappa shape index (κ2) is 7.23. The van der Waals surface area contributed by atoms with Crippen molar-refractivity contribution in [2.75, 3.05) is 37.6 Å². The number of hydrogen-bond acceptors (Lipinski definition) is 5. The SMILES string of the molecule is O=P(O)(O)C(O)(CCN1CCN(c2ccccc2)CC1)P(=O)(O)O. The Kier molecular flexibility index (Phi) is 5.90. The molecule has 0 spiro atoms. The lowest BCUT2D eigenvalue weighted by atomic mass is 10.2. The molecule has 0 bridgehead atoms. The van der Waals surface area contributed by atoms with Crippen LogP contribution in [0.5, 0.6) is 0 Å². The first-order valence-electron chi connectivity index (χ1n) is 7.40. The van der Waals surface area contributed by atoms with Crippen LogP contribution in [-0.4, -0.2) is 67.4 Å². The molecule has 9 nitrogen and oxygen atoms in total. The molecule has 0 radical (unpaired) electrons. The van der Waals surface area contributed by atoms with Gasteiger partial charge in [0.2, 0.25) is 0 Å². The van der Waals surface area contributed by atoms with E-state index in [1.807, 2.05) is 35.2 Å². The molecule has 24 heavy (non-hydrogen) atoms. The van der Waals surface area contributed by atoms with Gasteiger partial charge in [-0.1, -0.05) is 18.2 Å². The van der Waals surface area contributed by atoms with Crippen LogP contribution in [0.2, 0.25) is 0 Å². The first-order chi connectivity index (χ1) is 11.0. The lowest BCUT2D eigenvalue weighted by Gasteiger charge is -2.37. The summed E-state index contributed by atoms with van der Waals surface area (Å²) in [7, 11) is -10.8. The summed E-state index contributed by atoms with van der Waals surface area (Å²) in [4.78, 5) is 40.5. The predicted octanol–water partition coefficient (Wildman–Crippen LogP) is 0.200. The number of rotatable bonds is 6. The average Bonchev–Trinajstić information content (AvgIpc) is 2.52. The third-order valence-corrected chi connectivity index (χ3v) is 8.07. The lowest BCUT2D eigenvalue weighted by molar-refractivity contribution is 0.107. The topological polar surface area (TPSA) is 142 Å². The summed E-state index contributed by atoms with van der Waals surface area (Å²) in [5.41, 5.74) is 1.07. The molecule has 0 amide bonds. The third kappa shape index (κ3) is 4.25. The molecule has 11 heteroatoms. The standard InChI is InChI=1S/C13H22N2O7P2/c16-13(23(17,18)19,24(20,21)22)6-7-14-8-10-15(11-9-14)12-4-2-1-3-5-12/h1-5,16H,6-11H2,(H2,17,18,19)(H2,20,21,22). The number of nitrogens with zero attached hydrogens (tertiary/aromatic N) is 2. The van der Waals surface area contributed by atoms with Crippen molar-refractivity contribution in [1.82, 2.24) is 4.90 Å². The summed E-state index contributed by atoms with van der Waals surface area (Å²) in [6.07, 6.45) is -0.701. The number of anilines is 1. The molecule has 1 fully saturated rings. The van der Waals surface area contributed by atoms with Gasteiger partial charge in [-0.3, -0.25) is 14.0 Å². The van der Waals surface area contributed by atoms with Gasteiger partial charge < -0.3 is 29.6 Å². The fourth-order valence-electron chi connectivity index (χ4n) is 2.64. The maximum Gasteiger partial charge on any atom is 0.369 e. The summed E-state index contributed by atoms with van der Waals surface area (Å²) in [5, 5.41) is 6.54. The number of hydrogen-bond donors (Lipinski definition) is 5. The van der Waals surface area contributed by atoms with Crippen LogP contribution in [0.25, 0.3) is 0 Å². The quantitative estimate of drug-likeness (QED) is 0.438. The zero-order chi connectivity index (χ0) is 18.0. The first-order valence-corrected chi connectivity index (χ1v) is 10.6. The largest absolute Gasteiger partial charge is 0.369 e. The van der Waals surface area contributed by atoms with Crippen LogP contribution in [0.15, 0.2) is 30.3 Å². The Bertz CT molecular complexity index is 615. The maximum atomic E-state index is 11.3. The maximum absolute atomic E-state index is 11.3. The second-order valence-electron chi connectivity index (χ2n) is 5.78. The Balaban J connectivity index is 1.94. The van der Waals surface area contributed by atoms with Crippen LogP contribution in [-0.2, 0) is 9.13 Å². The Morgan fingerprint density at radius 2 is 1.42 bits per heavy atom. The molecule has 2 rings (SSSR count). The van der Waals surface area contributed by atoms with E-state index in [1.165, 1.54) is 0 Å². The fourth-order valence-corrected chi connectivity index (χ4v) is 4.78. The van der Waals surface area contributed by atoms with Crippen molar-refractivity contribution in [2.45, 2.75) is 11.5 Å². The minimum absolute atomic E-state index is 0.0185. The van der Waals surface area contributed by atoms with E-state index in [0.29, 0.717) is 26.2 Å². The fraction of sp³-hybridized carbons (Fsp3) is 0.538. The van der Waals surface area contributed by atoms with Crippen LogP contribution in [0.3, 0.4) is 0 Å². The molecule has 136 valence electrons. The molecule has 1 aliphatic rings. The molecule has 0 saturated carbocycles. The van der Waals surface area contributed by atoms with E-state index in [9.17, 15) is 14.2 Å². The molecule has 5 N–H and O–H groups in total. The number of piperazine rings is 1. The smallest absolute Gasteiger partial charge is 0.369 e. The van der Waals surface area contributed by atoms with Crippen molar-refractivity contribution in [3.05, 3.63) is 30.3 Å². The van der Waals surface area contributed by atoms with Crippen LogP contribution in [0.4, 0.5) is 5.69 Å². The minimum Gasteiger partial charge on any atom is -0.369 e. The van der Waals surface area contributed by atoms with Gasteiger partial charge in [-0.25, -0.2) is 0 Å². The first kappa shape index (κ1) is 19.6. The molecular weight excluding hydrogens is 358 g/mol. The van der Waals surface area contributed by atoms with E-state index in [-0.39, 0.29) is 6.54 Å². The minimum atomic E-state index is -5.38. The van der Waals surface area contributed by atoms with Crippen LogP contribution in [0, 0.1) is 0 Å². The number of aliphatic hydroxyl groups is 1. The highest BCUT2D eigenvalue weighted by atomic mass is 31.2. The van der Waals surface area contributed by atoms with Gasteiger partial charge in [-0.05, 0) is 12.1 Å². The van der Waals surface area contributed by atoms with Crippen LogP contribution < -0.4 is 4.90 Å². The van der Waals surface area contributed by atoms with Gasteiger partial charge in [0.05, 0.1) is 0 Å². The van der Waals surface area contributed by atoms with Gasteiger partial charge in [0.1, 0.15) is 0 Å². The molecular formula is C13H22N2O7P2. The molecule has 0 atom stereocenters. The van der Waals surface area contributed by atoms with E-state index in [2.05, 4.69) is 4.90 Å². The molecule has 1 aromatic carbocycles. The van der Waals surface area contributed by atoms with E-state index < -0.39 is 26.7 Å². The Labute approximate surface area is 139 Å². The Morgan fingerprint density at radius 3 is 1.88 bits per heavy atom. The van der Waals surface area contributed by atoms with Crippen molar-refractivity contribution in [2.24, 2.45) is 0 Å². The van der Waals surface area contributed by atoms with E-state index in [4.69, 9.17) is 19.6 Å². The normalized spacial score (nSPS) is 18.0. The summed E-state index contributed by atoms with van der Waals surface area (Å²) >= 11 is 0. The van der Waals surface area contributed by atoms with Gasteiger partial charge in [0.15, 0.2) is 0 Å². The zero-order valence-electron chi connectivity index (χ0n) is 13.0. The number of benzene rings is 1. The van der Waals surface area contributed by atoms with Crippen LogP contribution >= 0.6 is 15.2 Å². The third-order valence-electron chi connectivity index (χ3n) is 4.19. The highest BCUT2D eigenvalue weighted by Gasteiger charge is 2.58. The monoisotopic (exact) mass is 380 g/mol. The predicted molar refractivity (Wildman–Crippen MR) is 88.8 cm³/mol. The lowest BCUT2D eigenvalue weighted by Crippen LogP contribution is -2.47. The summed E-state index contributed by atoms with van der Waals surface area (Å²) < 4.78 is 22.7. The zero-order valence-corrected chi connectivity index (χ0v) is 14.8. The van der Waals surface area contributed by atoms with Gasteiger partial charge in [0.25, 0.3) is 5.08 Å². The molecule has 1 aromatic rings. The van der Waals surface area contributed by atoms with Crippen molar-refractivity contribution in [1.29, 1.82) is 0 Å². The van der Waals surface area contributed by atoms with Gasteiger partial charge in [-0.2, -0.15) is 0 Å². The van der Waals surface area contributed by atoms with E-state index >= 15 is 0 Å². The van der Waals surface area contributed by atoms with Crippen molar-refractivity contribution in [3.8, 4) is 0 Å². The van der Waals surface area contributed by atoms with Crippen LogP contribution in [0.1, 0.15) is 6.42 Å². The highest BCUT2D eigenvalue weighted by molar-refractivity contribution is 7.72. The second-order valence-corrected chi connectivity index (χ2v) is 9.79. The number of para-hydroxylation sites is 1. The Morgan fingerprint density at radius 1 is 0.917 bits per heavy atom. The van der Waals surface area contributed by atoms with E-state index in [1.54, 1.807) is 0 Å². The van der Waals surface area contributed by atoms with Crippen molar-refractivity contribution in [3.63, 3.8) is 0 Å². The van der Waals surface area contributed by atoms with Gasteiger partial charge >= 0.3 is 15.2 Å². The summed E-state index contributed by atoms with van der Waals surface area (Å²) in [6.45, 7) is 2.46. The molecule has 1 saturated heterocycles.